The summed E-state index contributed by atoms with van der Waals surface area (Å²) in [6.07, 6.45) is 3.26. The number of rotatable bonds is 3. The van der Waals surface area contributed by atoms with Crippen LogP contribution in [-0.4, -0.2) is 47.8 Å². The number of carbonyl (C=O) groups excluding carboxylic acids is 2. The van der Waals surface area contributed by atoms with Crippen LogP contribution in [0.5, 0.6) is 0 Å². The van der Waals surface area contributed by atoms with E-state index >= 15 is 0 Å². The SMILES string of the molecule is CC(=O)c1ccc(N2CCN(C(=O)c3cccc4c5c([nH]c34)CC[C@H](C)C5)CC2)c(F)c1. The predicted molar refractivity (Wildman–Crippen MR) is 124 cm³/mol. The van der Waals surface area contributed by atoms with Crippen molar-refractivity contribution < 1.29 is 14.0 Å². The Hall–Kier alpha value is -3.15. The van der Waals surface area contributed by atoms with E-state index in [0.717, 1.165) is 23.9 Å². The molecule has 5 nitrogen and oxygen atoms in total. The van der Waals surface area contributed by atoms with Gasteiger partial charge in [0.05, 0.1) is 16.8 Å². The zero-order chi connectivity index (χ0) is 22.4. The maximum Gasteiger partial charge on any atom is 0.256 e. The van der Waals surface area contributed by atoms with Crippen LogP contribution in [0.2, 0.25) is 0 Å². The Bertz CT molecular complexity index is 1210. The minimum absolute atomic E-state index is 0.0225. The van der Waals surface area contributed by atoms with Gasteiger partial charge in [-0.2, -0.15) is 0 Å². The van der Waals surface area contributed by atoms with E-state index < -0.39 is 5.82 Å². The largest absolute Gasteiger partial charge is 0.366 e. The van der Waals surface area contributed by atoms with E-state index in [1.165, 1.54) is 36.1 Å². The first kappa shape index (κ1) is 20.7. The lowest BCUT2D eigenvalue weighted by Crippen LogP contribution is -2.49. The summed E-state index contributed by atoms with van der Waals surface area (Å²) >= 11 is 0. The van der Waals surface area contributed by atoms with Gasteiger partial charge in [0.1, 0.15) is 5.82 Å². The van der Waals surface area contributed by atoms with Crippen LogP contribution >= 0.6 is 0 Å². The molecule has 2 aromatic carbocycles. The van der Waals surface area contributed by atoms with Crippen molar-refractivity contribution in [3.8, 4) is 0 Å². The van der Waals surface area contributed by atoms with Gasteiger partial charge in [0.2, 0.25) is 0 Å². The molecular weight excluding hydrogens is 405 g/mol. The maximum atomic E-state index is 14.6. The summed E-state index contributed by atoms with van der Waals surface area (Å²) in [4.78, 5) is 32.2. The number of aryl methyl sites for hydroxylation is 1. The maximum absolute atomic E-state index is 14.6. The summed E-state index contributed by atoms with van der Waals surface area (Å²) in [5, 5.41) is 1.17. The number of H-pyrrole nitrogens is 1. The Morgan fingerprint density at radius 2 is 1.88 bits per heavy atom. The minimum Gasteiger partial charge on any atom is -0.366 e. The van der Waals surface area contributed by atoms with Gasteiger partial charge < -0.3 is 14.8 Å². The van der Waals surface area contributed by atoms with Gasteiger partial charge in [0.15, 0.2) is 5.78 Å². The Balaban J connectivity index is 1.34. The number of fused-ring (bicyclic) bond motifs is 3. The lowest BCUT2D eigenvalue weighted by atomic mass is 9.87. The Morgan fingerprint density at radius 3 is 2.59 bits per heavy atom. The zero-order valence-electron chi connectivity index (χ0n) is 18.6. The molecular formula is C26H28FN3O2. The highest BCUT2D eigenvalue weighted by Gasteiger charge is 2.27. The minimum atomic E-state index is -0.395. The molecule has 1 N–H and O–H groups in total. The molecule has 1 aliphatic carbocycles. The van der Waals surface area contributed by atoms with Crippen LogP contribution in [-0.2, 0) is 12.8 Å². The fourth-order valence-electron chi connectivity index (χ4n) is 5.10. The molecule has 2 heterocycles. The Morgan fingerprint density at radius 1 is 1.09 bits per heavy atom. The van der Waals surface area contributed by atoms with Crippen molar-refractivity contribution in [2.24, 2.45) is 5.92 Å². The number of piperazine rings is 1. The topological polar surface area (TPSA) is 56.4 Å². The number of nitrogens with zero attached hydrogens (tertiary/aromatic N) is 2. The number of amides is 1. The van der Waals surface area contributed by atoms with Crippen LogP contribution in [0.25, 0.3) is 10.9 Å². The number of hydrogen-bond donors (Lipinski definition) is 1. The van der Waals surface area contributed by atoms with Gasteiger partial charge in [-0.25, -0.2) is 4.39 Å². The van der Waals surface area contributed by atoms with Crippen molar-refractivity contribution in [1.82, 2.24) is 9.88 Å². The number of nitrogens with one attached hydrogen (secondary N) is 1. The molecule has 1 amide bonds. The lowest BCUT2D eigenvalue weighted by Gasteiger charge is -2.36. The van der Waals surface area contributed by atoms with Crippen molar-refractivity contribution >= 4 is 28.3 Å². The van der Waals surface area contributed by atoms with Gasteiger partial charge in [-0.15, -0.1) is 0 Å². The van der Waals surface area contributed by atoms with Crippen molar-refractivity contribution in [1.29, 1.82) is 0 Å². The number of benzene rings is 2. The number of anilines is 1. The smallest absolute Gasteiger partial charge is 0.256 e. The highest BCUT2D eigenvalue weighted by atomic mass is 19.1. The first-order valence-corrected chi connectivity index (χ1v) is 11.4. The second-order valence-corrected chi connectivity index (χ2v) is 9.16. The number of aromatic amines is 1. The third-order valence-electron chi connectivity index (χ3n) is 6.96. The second-order valence-electron chi connectivity index (χ2n) is 9.16. The van der Waals surface area contributed by atoms with E-state index in [1.54, 1.807) is 12.1 Å². The number of Topliss-reactive ketones (excluding diaryl/α,β-unsaturated/α-hetero) is 1. The monoisotopic (exact) mass is 433 g/mol. The third kappa shape index (κ3) is 3.57. The summed E-state index contributed by atoms with van der Waals surface area (Å²) in [6, 6.07) is 10.6. The molecule has 0 bridgehead atoms. The molecule has 166 valence electrons. The number of carbonyl (C=O) groups is 2. The summed E-state index contributed by atoms with van der Waals surface area (Å²) in [7, 11) is 0. The van der Waals surface area contributed by atoms with Crippen LogP contribution < -0.4 is 4.90 Å². The quantitative estimate of drug-likeness (QED) is 0.615. The van der Waals surface area contributed by atoms with E-state index in [1.807, 2.05) is 21.9 Å². The van der Waals surface area contributed by atoms with Crippen molar-refractivity contribution in [3.63, 3.8) is 0 Å². The fourth-order valence-corrected chi connectivity index (χ4v) is 5.10. The van der Waals surface area contributed by atoms with Gasteiger partial charge in [0, 0.05) is 42.8 Å². The standard InChI is InChI=1S/C26H28FN3O2/c1-16-6-8-23-21(14-16)19-4-3-5-20(25(19)28-23)26(32)30-12-10-29(11-13-30)24-9-7-18(17(2)31)15-22(24)27/h3-5,7,9,15-16,28H,6,8,10-14H2,1-2H3/t16-/m0/s1. The molecule has 3 aromatic rings. The van der Waals surface area contributed by atoms with E-state index in [-0.39, 0.29) is 11.7 Å². The van der Waals surface area contributed by atoms with Crippen LogP contribution in [0.3, 0.4) is 0 Å². The summed E-state index contributed by atoms with van der Waals surface area (Å²) < 4.78 is 14.6. The van der Waals surface area contributed by atoms with E-state index in [9.17, 15) is 14.0 Å². The summed E-state index contributed by atoms with van der Waals surface area (Å²) in [6.45, 7) is 5.88. The molecule has 5 rings (SSSR count). The number of ketones is 1. The molecule has 32 heavy (non-hydrogen) atoms. The second kappa shape index (κ2) is 8.08. The van der Waals surface area contributed by atoms with E-state index in [4.69, 9.17) is 0 Å². The van der Waals surface area contributed by atoms with E-state index in [2.05, 4.69) is 18.0 Å². The molecule has 0 saturated carbocycles. The average Bonchev–Trinajstić information content (AvgIpc) is 3.16. The number of para-hydroxylation sites is 1. The van der Waals surface area contributed by atoms with Gasteiger partial charge in [-0.05, 0) is 61.9 Å². The predicted octanol–water partition coefficient (Wildman–Crippen LogP) is 4.60. The summed E-state index contributed by atoms with van der Waals surface area (Å²) in [5.74, 6) is 0.141. The normalized spacial score (nSPS) is 18.7. The van der Waals surface area contributed by atoms with Gasteiger partial charge in [0.25, 0.3) is 5.91 Å². The molecule has 6 heteroatoms. The summed E-state index contributed by atoms with van der Waals surface area (Å²) in [5.41, 5.74) is 5.15. The van der Waals surface area contributed by atoms with Gasteiger partial charge >= 0.3 is 0 Å². The average molecular weight is 434 g/mol. The number of hydrogen-bond acceptors (Lipinski definition) is 3. The Kier molecular flexibility index (Phi) is 5.24. The Labute approximate surface area is 187 Å². The lowest BCUT2D eigenvalue weighted by molar-refractivity contribution is 0.0748. The highest BCUT2D eigenvalue weighted by molar-refractivity contribution is 6.07. The fraction of sp³-hybridized carbons (Fsp3) is 0.385. The molecule has 1 aliphatic heterocycles. The number of halogens is 1. The molecule has 0 spiro atoms. The molecule has 1 aromatic heterocycles. The third-order valence-corrected chi connectivity index (χ3v) is 6.96. The highest BCUT2D eigenvalue weighted by Crippen LogP contribution is 2.33. The molecule has 1 atom stereocenters. The van der Waals surface area contributed by atoms with Crippen LogP contribution in [0, 0.1) is 11.7 Å². The first-order chi connectivity index (χ1) is 15.4. The van der Waals surface area contributed by atoms with Gasteiger partial charge in [-0.3, -0.25) is 9.59 Å². The molecule has 0 unspecified atom stereocenters. The molecule has 0 radical (unpaired) electrons. The van der Waals surface area contributed by atoms with Crippen molar-refractivity contribution in [2.45, 2.75) is 33.1 Å². The van der Waals surface area contributed by atoms with Crippen LogP contribution in [0.4, 0.5) is 10.1 Å². The van der Waals surface area contributed by atoms with Crippen LogP contribution in [0.15, 0.2) is 36.4 Å². The zero-order valence-corrected chi connectivity index (χ0v) is 18.6. The van der Waals surface area contributed by atoms with Gasteiger partial charge in [-0.1, -0.05) is 19.1 Å². The number of aromatic nitrogens is 1. The van der Waals surface area contributed by atoms with Crippen molar-refractivity contribution in [2.75, 3.05) is 31.1 Å². The van der Waals surface area contributed by atoms with E-state index in [0.29, 0.717) is 43.3 Å². The molecule has 1 fully saturated rings. The van der Waals surface area contributed by atoms with Crippen molar-refractivity contribution in [3.05, 3.63) is 64.6 Å². The molecule has 1 saturated heterocycles. The first-order valence-electron chi connectivity index (χ1n) is 11.4. The molecule has 2 aliphatic rings. The van der Waals surface area contributed by atoms with Crippen LogP contribution in [0.1, 0.15) is 52.2 Å².